The number of nitrogens with zero attached hydrogens (tertiary/aromatic N) is 1. The van der Waals surface area contributed by atoms with Crippen molar-refractivity contribution in [2.45, 2.75) is 43.8 Å². The molecule has 0 atom stereocenters. The third-order valence-electron chi connectivity index (χ3n) is 6.46. The topological polar surface area (TPSA) is 70.4 Å². The van der Waals surface area contributed by atoms with E-state index in [1.807, 2.05) is 44.3 Å². The van der Waals surface area contributed by atoms with Crippen LogP contribution in [0.4, 0.5) is 13.2 Å². The summed E-state index contributed by atoms with van der Waals surface area (Å²) in [6.45, 7) is 4.12. The Morgan fingerprint density at radius 3 is 2.19 bits per heavy atom. The van der Waals surface area contributed by atoms with Gasteiger partial charge in [-0.15, -0.1) is 11.8 Å². The predicted molar refractivity (Wildman–Crippen MR) is 157 cm³/mol. The van der Waals surface area contributed by atoms with E-state index in [0.717, 1.165) is 33.7 Å². The highest BCUT2D eigenvalue weighted by Gasteiger charge is 2.30. The van der Waals surface area contributed by atoms with E-state index in [9.17, 15) is 18.0 Å². The van der Waals surface area contributed by atoms with Gasteiger partial charge in [-0.2, -0.15) is 13.2 Å². The van der Waals surface area contributed by atoms with E-state index in [1.54, 1.807) is 38.1 Å². The number of rotatable bonds is 12. The molecule has 0 aliphatic carbocycles. The Labute approximate surface area is 252 Å². The number of hydrogen-bond donors (Lipinski definition) is 0. The number of alkyl halides is 3. The summed E-state index contributed by atoms with van der Waals surface area (Å²) < 4.78 is 56.4. The normalized spacial score (nSPS) is 11.5. The van der Waals surface area contributed by atoms with E-state index in [1.165, 1.54) is 19.1 Å². The fourth-order valence-corrected chi connectivity index (χ4v) is 5.32. The summed E-state index contributed by atoms with van der Waals surface area (Å²) in [5, 5.41) is 0. The van der Waals surface area contributed by atoms with Crippen LogP contribution in [0.1, 0.15) is 34.9 Å². The lowest BCUT2D eigenvalue weighted by atomic mass is 10.1. The molecule has 3 aromatic carbocycles. The van der Waals surface area contributed by atoms with Crippen LogP contribution in [0, 0.1) is 6.92 Å². The molecule has 4 rings (SSSR count). The first-order valence-corrected chi connectivity index (χ1v) is 14.2. The molecule has 0 amide bonds. The van der Waals surface area contributed by atoms with Crippen molar-refractivity contribution in [1.82, 2.24) is 4.90 Å². The van der Waals surface area contributed by atoms with Crippen LogP contribution >= 0.6 is 11.8 Å². The van der Waals surface area contributed by atoms with Gasteiger partial charge in [-0.05, 0) is 73.6 Å². The number of carbonyl (C=O) groups excluding carboxylic acids is 1. The van der Waals surface area contributed by atoms with Crippen molar-refractivity contribution >= 4 is 17.7 Å². The first kappa shape index (κ1) is 31.8. The molecule has 0 saturated heterocycles. The lowest BCUT2D eigenvalue weighted by Gasteiger charge is -2.17. The highest BCUT2D eigenvalue weighted by atomic mass is 32.2. The second-order valence-electron chi connectivity index (χ2n) is 9.90. The van der Waals surface area contributed by atoms with Crippen LogP contribution in [0.3, 0.4) is 0 Å². The summed E-state index contributed by atoms with van der Waals surface area (Å²) in [5.74, 6) is 2.98. The smallest absolute Gasteiger partial charge is 0.416 e. The molecule has 1 heterocycles. The van der Waals surface area contributed by atoms with Gasteiger partial charge in [-0.25, -0.2) is 4.79 Å². The van der Waals surface area contributed by atoms with Gasteiger partial charge < -0.3 is 13.9 Å². The molecule has 4 aromatic rings. The molecule has 1 aromatic heterocycles. The Kier molecular flexibility index (Phi) is 10.3. The van der Waals surface area contributed by atoms with Crippen molar-refractivity contribution in [1.29, 1.82) is 0 Å². The van der Waals surface area contributed by atoms with Gasteiger partial charge in [0.15, 0.2) is 5.75 Å². The summed E-state index contributed by atoms with van der Waals surface area (Å²) in [5.41, 5.74) is 2.51. The molecule has 0 spiro atoms. The molecule has 0 radical (unpaired) electrons. The van der Waals surface area contributed by atoms with Crippen LogP contribution < -0.4 is 14.4 Å². The third-order valence-corrected chi connectivity index (χ3v) is 7.50. The number of halogens is 3. The Bertz CT molecular complexity index is 1530. The van der Waals surface area contributed by atoms with Gasteiger partial charge in [-0.3, -0.25) is 14.7 Å². The molecular weight excluding hydrogens is 583 g/mol. The molecule has 0 saturated carbocycles. The SMILES string of the molecule is COc1cc(CN(C)Cc2oc(-c3ccc(C(F)(F)F)cc3)cc2CSc2ccc(OOC(C)=O)c(C)c2)cc(OC)c1. The van der Waals surface area contributed by atoms with Gasteiger partial charge in [0.05, 0.1) is 26.3 Å². The summed E-state index contributed by atoms with van der Waals surface area (Å²) >= 11 is 1.57. The van der Waals surface area contributed by atoms with Gasteiger partial charge in [0.25, 0.3) is 0 Å². The molecular formula is C32H32F3NO6S. The van der Waals surface area contributed by atoms with E-state index in [4.69, 9.17) is 18.8 Å². The molecule has 0 fully saturated rings. The quantitative estimate of drug-likeness (QED) is 0.0901. The number of carbonyl (C=O) groups is 1. The Morgan fingerprint density at radius 2 is 1.60 bits per heavy atom. The maximum atomic E-state index is 13.1. The molecule has 11 heteroatoms. The minimum Gasteiger partial charge on any atom is -0.497 e. The second kappa shape index (κ2) is 13.9. The Morgan fingerprint density at radius 1 is 0.930 bits per heavy atom. The Balaban J connectivity index is 1.56. The van der Waals surface area contributed by atoms with E-state index in [0.29, 0.717) is 53.2 Å². The fourth-order valence-electron chi connectivity index (χ4n) is 4.33. The molecule has 7 nitrogen and oxygen atoms in total. The Hall–Kier alpha value is -4.09. The van der Waals surface area contributed by atoms with E-state index >= 15 is 0 Å². The van der Waals surface area contributed by atoms with Crippen LogP contribution in [-0.4, -0.2) is 32.1 Å². The zero-order valence-electron chi connectivity index (χ0n) is 24.4. The van der Waals surface area contributed by atoms with Crippen molar-refractivity contribution in [3.05, 3.63) is 94.7 Å². The van der Waals surface area contributed by atoms with Gasteiger partial charge >= 0.3 is 12.1 Å². The highest BCUT2D eigenvalue weighted by Crippen LogP contribution is 2.35. The molecule has 0 aliphatic rings. The minimum atomic E-state index is -4.42. The number of furan rings is 1. The van der Waals surface area contributed by atoms with Gasteiger partial charge in [-0.1, -0.05) is 12.1 Å². The lowest BCUT2D eigenvalue weighted by molar-refractivity contribution is -0.211. The van der Waals surface area contributed by atoms with Gasteiger partial charge in [0.2, 0.25) is 0 Å². The zero-order chi connectivity index (χ0) is 31.1. The standard InChI is InChI=1S/C32H32F3NO6S/c1-20-12-28(10-11-29(20)42-41-21(2)37)43-19-24-15-30(23-6-8-25(9-7-23)32(33,34)35)40-31(24)18-36(3)17-22-13-26(38-4)16-27(14-22)39-5/h6-16H,17-19H2,1-5H3. The van der Waals surface area contributed by atoms with E-state index < -0.39 is 17.7 Å². The maximum absolute atomic E-state index is 13.1. The summed E-state index contributed by atoms with van der Waals surface area (Å²) in [4.78, 5) is 23.8. The number of ether oxygens (including phenoxy) is 2. The molecule has 0 unspecified atom stereocenters. The summed E-state index contributed by atoms with van der Waals surface area (Å²) in [6.07, 6.45) is -4.42. The monoisotopic (exact) mass is 615 g/mol. The number of hydrogen-bond acceptors (Lipinski definition) is 8. The summed E-state index contributed by atoms with van der Waals surface area (Å²) in [7, 11) is 5.15. The number of thioether (sulfide) groups is 1. The van der Waals surface area contributed by atoms with Crippen LogP contribution in [0.2, 0.25) is 0 Å². The van der Waals surface area contributed by atoms with Crippen molar-refractivity contribution in [3.8, 4) is 28.6 Å². The molecule has 0 bridgehead atoms. The fraction of sp³-hybridized carbons (Fsp3) is 0.281. The average molecular weight is 616 g/mol. The molecule has 43 heavy (non-hydrogen) atoms. The predicted octanol–water partition coefficient (Wildman–Crippen LogP) is 8.07. The number of aryl methyl sites for hydroxylation is 1. The number of benzene rings is 3. The summed E-state index contributed by atoms with van der Waals surface area (Å²) in [6, 6.07) is 18.0. The number of methoxy groups -OCH3 is 2. The van der Waals surface area contributed by atoms with Crippen molar-refractivity contribution < 1.29 is 41.6 Å². The highest BCUT2D eigenvalue weighted by molar-refractivity contribution is 7.98. The third kappa shape index (κ3) is 8.71. The second-order valence-corrected chi connectivity index (χ2v) is 11.0. The van der Waals surface area contributed by atoms with Gasteiger partial charge in [0.1, 0.15) is 23.0 Å². The minimum absolute atomic E-state index is 0.434. The largest absolute Gasteiger partial charge is 0.497 e. The molecule has 0 aliphatic heterocycles. The van der Waals surface area contributed by atoms with Crippen molar-refractivity contribution in [2.75, 3.05) is 21.3 Å². The lowest BCUT2D eigenvalue weighted by Crippen LogP contribution is -2.17. The van der Waals surface area contributed by atoms with E-state index in [-0.39, 0.29) is 0 Å². The van der Waals surface area contributed by atoms with Gasteiger partial charge in [0, 0.05) is 41.3 Å². The maximum Gasteiger partial charge on any atom is 0.416 e. The zero-order valence-corrected chi connectivity index (χ0v) is 25.2. The van der Waals surface area contributed by atoms with Crippen LogP contribution in [0.15, 0.2) is 76.0 Å². The first-order chi connectivity index (χ1) is 20.4. The molecule has 0 N–H and O–H groups in total. The van der Waals surface area contributed by atoms with Crippen molar-refractivity contribution in [3.63, 3.8) is 0 Å². The first-order valence-electron chi connectivity index (χ1n) is 13.2. The van der Waals surface area contributed by atoms with Crippen LogP contribution in [-0.2, 0) is 34.7 Å². The van der Waals surface area contributed by atoms with Crippen molar-refractivity contribution in [2.24, 2.45) is 0 Å². The van der Waals surface area contributed by atoms with Crippen LogP contribution in [0.5, 0.6) is 17.2 Å². The van der Waals surface area contributed by atoms with E-state index in [2.05, 4.69) is 9.79 Å². The molecule has 228 valence electrons. The van der Waals surface area contributed by atoms with Crippen LogP contribution in [0.25, 0.3) is 11.3 Å². The average Bonchev–Trinajstić information content (AvgIpc) is 3.36.